The highest BCUT2D eigenvalue weighted by molar-refractivity contribution is 7.91. The van der Waals surface area contributed by atoms with Crippen molar-refractivity contribution in [1.82, 2.24) is 14.2 Å². The largest absolute Gasteiger partial charge is 0.494 e. The number of ether oxygens (including phenoxy) is 3. The highest BCUT2D eigenvalue weighted by Gasteiger charge is 2.46. The second kappa shape index (κ2) is 9.92. The van der Waals surface area contributed by atoms with Crippen LogP contribution < -0.4 is 9.47 Å². The molecule has 0 aromatic carbocycles. The van der Waals surface area contributed by atoms with Gasteiger partial charge < -0.3 is 19.1 Å². The number of likely N-dealkylation sites (tertiary alicyclic amines) is 1. The van der Waals surface area contributed by atoms with E-state index in [1.807, 2.05) is 0 Å². The van der Waals surface area contributed by atoms with Gasteiger partial charge >= 0.3 is 5.97 Å². The molecule has 4 heterocycles. The number of carbonyl (C=O) groups excluding carboxylic acids is 2. The van der Waals surface area contributed by atoms with E-state index in [2.05, 4.69) is 4.98 Å². The van der Waals surface area contributed by atoms with Crippen molar-refractivity contribution in [3.8, 4) is 11.6 Å². The smallest absolute Gasteiger partial charge is 0.342 e. The number of halogens is 1. The monoisotopic (exact) mass is 543 g/mol. The SMILES string of the molecule is COC(=O)c1csc(S(=O)(=O)N2CCC3(CCN(C(=O)c4cc(Cl)nc(OC)c4)CC3)C2)c1OC. The van der Waals surface area contributed by atoms with Crippen LogP contribution in [0.4, 0.5) is 0 Å². The predicted molar refractivity (Wildman–Crippen MR) is 129 cm³/mol. The molecule has 2 aromatic rings. The summed E-state index contributed by atoms with van der Waals surface area (Å²) in [6.45, 7) is 1.72. The number of rotatable bonds is 6. The van der Waals surface area contributed by atoms with Gasteiger partial charge in [-0.25, -0.2) is 18.2 Å². The Morgan fingerprint density at radius 3 is 2.40 bits per heavy atom. The zero-order valence-electron chi connectivity index (χ0n) is 19.6. The van der Waals surface area contributed by atoms with Gasteiger partial charge in [0.1, 0.15) is 10.7 Å². The molecule has 0 saturated carbocycles. The van der Waals surface area contributed by atoms with Gasteiger partial charge in [0.25, 0.3) is 15.9 Å². The number of carbonyl (C=O) groups is 2. The average molecular weight is 544 g/mol. The molecule has 13 heteroatoms. The van der Waals surface area contributed by atoms with E-state index in [0.717, 1.165) is 11.3 Å². The van der Waals surface area contributed by atoms with Crippen molar-refractivity contribution in [1.29, 1.82) is 0 Å². The van der Waals surface area contributed by atoms with Crippen molar-refractivity contribution >= 4 is 44.8 Å². The maximum absolute atomic E-state index is 13.4. The summed E-state index contributed by atoms with van der Waals surface area (Å²) in [5, 5.41) is 1.62. The Morgan fingerprint density at radius 1 is 1.09 bits per heavy atom. The molecule has 2 aliphatic rings. The third kappa shape index (κ3) is 4.84. The van der Waals surface area contributed by atoms with Gasteiger partial charge in [0, 0.05) is 43.2 Å². The van der Waals surface area contributed by atoms with Gasteiger partial charge in [0.15, 0.2) is 9.96 Å². The predicted octanol–water partition coefficient (Wildman–Crippen LogP) is 2.92. The third-order valence-electron chi connectivity index (χ3n) is 6.64. The number of methoxy groups -OCH3 is 3. The Kier molecular flexibility index (Phi) is 7.28. The number of hydrogen-bond donors (Lipinski definition) is 0. The number of amides is 1. The summed E-state index contributed by atoms with van der Waals surface area (Å²) in [6.07, 6.45) is 2.05. The molecule has 0 aliphatic carbocycles. The van der Waals surface area contributed by atoms with Gasteiger partial charge in [0.2, 0.25) is 5.88 Å². The lowest BCUT2D eigenvalue weighted by molar-refractivity contribution is 0.0589. The molecule has 1 spiro atoms. The number of aromatic nitrogens is 1. The first kappa shape index (κ1) is 25.7. The number of nitrogens with zero attached hydrogens (tertiary/aromatic N) is 3. The summed E-state index contributed by atoms with van der Waals surface area (Å²) in [5.74, 6) is -0.536. The fourth-order valence-corrected chi connectivity index (χ4v) is 7.96. The van der Waals surface area contributed by atoms with Crippen molar-refractivity contribution < 1.29 is 32.2 Å². The molecule has 0 unspecified atom stereocenters. The molecule has 190 valence electrons. The second-order valence-electron chi connectivity index (χ2n) is 8.56. The Morgan fingerprint density at radius 2 is 1.77 bits per heavy atom. The van der Waals surface area contributed by atoms with E-state index < -0.39 is 16.0 Å². The van der Waals surface area contributed by atoms with Crippen LogP contribution in [0.25, 0.3) is 0 Å². The summed E-state index contributed by atoms with van der Waals surface area (Å²) in [6, 6.07) is 3.07. The normalized spacial score (nSPS) is 18.0. The summed E-state index contributed by atoms with van der Waals surface area (Å²) in [4.78, 5) is 30.7. The number of thiophene rings is 1. The zero-order chi connectivity index (χ0) is 25.4. The molecule has 2 aliphatic heterocycles. The van der Waals surface area contributed by atoms with E-state index >= 15 is 0 Å². The highest BCUT2D eigenvalue weighted by Crippen LogP contribution is 2.45. The lowest BCUT2D eigenvalue weighted by Crippen LogP contribution is -2.44. The first-order chi connectivity index (χ1) is 16.6. The lowest BCUT2D eigenvalue weighted by atomic mass is 9.78. The van der Waals surface area contributed by atoms with Crippen LogP contribution in [0.3, 0.4) is 0 Å². The Bertz CT molecular complexity index is 1240. The number of piperidine rings is 1. The molecule has 2 fully saturated rings. The van der Waals surface area contributed by atoms with E-state index in [4.69, 9.17) is 25.8 Å². The van der Waals surface area contributed by atoms with Gasteiger partial charge in [-0.15, -0.1) is 11.3 Å². The number of sulfonamides is 1. The van der Waals surface area contributed by atoms with Crippen molar-refractivity contribution in [2.45, 2.75) is 23.5 Å². The Balaban J connectivity index is 1.46. The average Bonchev–Trinajstić information content (AvgIpc) is 3.48. The molecule has 0 atom stereocenters. The molecule has 10 nitrogen and oxygen atoms in total. The van der Waals surface area contributed by atoms with Crippen LogP contribution in [0.2, 0.25) is 5.15 Å². The molecule has 2 aromatic heterocycles. The van der Waals surface area contributed by atoms with Crippen LogP contribution in [-0.4, -0.2) is 82.0 Å². The number of hydrogen-bond acceptors (Lipinski definition) is 9. The van der Waals surface area contributed by atoms with Gasteiger partial charge in [-0.05, 0) is 30.7 Å². The van der Waals surface area contributed by atoms with E-state index in [9.17, 15) is 18.0 Å². The minimum absolute atomic E-state index is 0.00595. The Hall–Kier alpha value is -2.41. The summed E-state index contributed by atoms with van der Waals surface area (Å²) in [5.41, 5.74) is 0.277. The van der Waals surface area contributed by atoms with Crippen LogP contribution in [0.5, 0.6) is 11.6 Å². The van der Waals surface area contributed by atoms with Crippen LogP contribution >= 0.6 is 22.9 Å². The second-order valence-corrected chi connectivity index (χ2v) is 12.0. The fourth-order valence-electron chi connectivity index (χ4n) is 4.64. The molecule has 0 radical (unpaired) electrons. The minimum Gasteiger partial charge on any atom is -0.494 e. The van der Waals surface area contributed by atoms with Gasteiger partial charge in [-0.2, -0.15) is 4.31 Å². The summed E-state index contributed by atoms with van der Waals surface area (Å²) in [7, 11) is 0.159. The van der Waals surface area contributed by atoms with Crippen LogP contribution in [0.15, 0.2) is 21.7 Å². The third-order valence-corrected chi connectivity index (χ3v) is 10.2. The summed E-state index contributed by atoms with van der Waals surface area (Å²) < 4.78 is 43.4. The van der Waals surface area contributed by atoms with Crippen LogP contribution in [0, 0.1) is 5.41 Å². The number of esters is 1. The van der Waals surface area contributed by atoms with Crippen molar-refractivity contribution in [3.63, 3.8) is 0 Å². The topological polar surface area (TPSA) is 115 Å². The maximum atomic E-state index is 13.4. The van der Waals surface area contributed by atoms with Crippen LogP contribution in [0.1, 0.15) is 40.0 Å². The van der Waals surface area contributed by atoms with E-state index in [0.29, 0.717) is 51.0 Å². The van der Waals surface area contributed by atoms with Crippen LogP contribution in [-0.2, 0) is 14.8 Å². The van der Waals surface area contributed by atoms with E-state index in [-0.39, 0.29) is 37.9 Å². The fraction of sp³-hybridized carbons (Fsp3) is 0.500. The first-order valence-electron chi connectivity index (χ1n) is 10.9. The standard InChI is InChI=1S/C22H26ClN3O7S2/c1-31-17-11-14(10-16(23)24-17)19(27)25-7-4-22(5-8-25)6-9-26(13-22)35(29,30)21-18(32-2)15(12-34-21)20(28)33-3/h10-12H,4-9,13H2,1-3H3. The summed E-state index contributed by atoms with van der Waals surface area (Å²) >= 11 is 6.96. The molecular formula is C22H26ClN3O7S2. The van der Waals surface area contributed by atoms with Gasteiger partial charge in [-0.1, -0.05) is 11.6 Å². The molecule has 0 N–H and O–H groups in total. The number of pyridine rings is 1. The maximum Gasteiger partial charge on any atom is 0.342 e. The molecule has 0 bridgehead atoms. The van der Waals surface area contributed by atoms with Gasteiger partial charge in [-0.3, -0.25) is 4.79 Å². The zero-order valence-corrected chi connectivity index (χ0v) is 22.0. The Labute approximate surface area is 212 Å². The molecule has 35 heavy (non-hydrogen) atoms. The van der Waals surface area contributed by atoms with E-state index in [1.165, 1.54) is 37.1 Å². The van der Waals surface area contributed by atoms with E-state index in [1.54, 1.807) is 11.0 Å². The molecular weight excluding hydrogens is 518 g/mol. The lowest BCUT2D eigenvalue weighted by Gasteiger charge is -2.39. The molecule has 4 rings (SSSR count). The highest BCUT2D eigenvalue weighted by atomic mass is 35.5. The van der Waals surface area contributed by atoms with Gasteiger partial charge in [0.05, 0.1) is 21.3 Å². The molecule has 1 amide bonds. The quantitative estimate of drug-likeness (QED) is 0.403. The van der Waals surface area contributed by atoms with Crippen molar-refractivity contribution in [3.05, 3.63) is 33.8 Å². The van der Waals surface area contributed by atoms with Crippen molar-refractivity contribution in [2.75, 3.05) is 47.5 Å². The first-order valence-corrected chi connectivity index (χ1v) is 13.6. The molecule has 2 saturated heterocycles. The minimum atomic E-state index is -3.86. The van der Waals surface area contributed by atoms with Crippen molar-refractivity contribution in [2.24, 2.45) is 5.41 Å².